The van der Waals surface area contributed by atoms with Crippen LogP contribution in [0, 0.1) is 0 Å². The highest BCUT2D eigenvalue weighted by atomic mass is 16.1. The number of aromatic nitrogens is 3. The van der Waals surface area contributed by atoms with E-state index in [1.807, 2.05) is 12.3 Å². The van der Waals surface area contributed by atoms with Gasteiger partial charge in [-0.15, -0.1) is 0 Å². The Morgan fingerprint density at radius 1 is 1.47 bits per heavy atom. The van der Waals surface area contributed by atoms with Gasteiger partial charge >= 0.3 is 0 Å². The number of anilines is 1. The highest BCUT2D eigenvalue weighted by Gasteiger charge is 2.03. The fourth-order valence-corrected chi connectivity index (χ4v) is 1.88. The zero-order valence-electron chi connectivity index (χ0n) is 11.3. The normalized spacial score (nSPS) is 10.4. The lowest BCUT2D eigenvalue weighted by Crippen LogP contribution is -2.23. The van der Waals surface area contributed by atoms with Crippen molar-refractivity contribution < 1.29 is 4.79 Å². The lowest BCUT2D eigenvalue weighted by Gasteiger charge is -2.07. The van der Waals surface area contributed by atoms with Crippen LogP contribution in [0.2, 0.25) is 0 Å². The van der Waals surface area contributed by atoms with Crippen molar-refractivity contribution in [1.29, 1.82) is 0 Å². The molecule has 6 heteroatoms. The van der Waals surface area contributed by atoms with E-state index in [-0.39, 0.29) is 12.5 Å². The van der Waals surface area contributed by atoms with E-state index in [0.29, 0.717) is 0 Å². The first-order valence-corrected chi connectivity index (χ1v) is 6.34. The van der Waals surface area contributed by atoms with E-state index >= 15 is 0 Å². The zero-order chi connectivity index (χ0) is 13.7. The summed E-state index contributed by atoms with van der Waals surface area (Å²) in [5.41, 5.74) is 2.13. The van der Waals surface area contributed by atoms with Crippen LogP contribution in [-0.2, 0) is 24.4 Å². The summed E-state index contributed by atoms with van der Waals surface area (Å²) < 4.78 is 3.79. The molecule has 0 aromatic carbocycles. The maximum absolute atomic E-state index is 11.2. The van der Waals surface area contributed by atoms with Crippen molar-refractivity contribution in [3.8, 4) is 0 Å². The van der Waals surface area contributed by atoms with Crippen LogP contribution in [0.4, 0.5) is 5.69 Å². The monoisotopic (exact) mass is 261 g/mol. The number of carbonyl (C=O) groups excluding carboxylic acids is 1. The second-order valence-electron chi connectivity index (χ2n) is 4.24. The van der Waals surface area contributed by atoms with Crippen molar-refractivity contribution in [1.82, 2.24) is 19.7 Å². The van der Waals surface area contributed by atoms with Crippen LogP contribution in [0.15, 0.2) is 30.7 Å². The van der Waals surface area contributed by atoms with Crippen LogP contribution >= 0.6 is 0 Å². The molecule has 2 N–H and O–H groups in total. The van der Waals surface area contributed by atoms with Crippen LogP contribution in [0.1, 0.15) is 12.6 Å². The standard InChI is InChI=1S/C13H19N5O/c1-3-17-6-4-5-12(17)8-15-11-7-16-18(9-11)10-13(19)14-2/h4-7,9,15H,3,8,10H2,1-2H3,(H,14,19). The lowest BCUT2D eigenvalue weighted by atomic mass is 10.4. The Bertz CT molecular complexity index is 543. The number of hydrogen-bond donors (Lipinski definition) is 2. The van der Waals surface area contributed by atoms with E-state index in [0.717, 1.165) is 18.8 Å². The summed E-state index contributed by atoms with van der Waals surface area (Å²) in [4.78, 5) is 11.2. The predicted molar refractivity (Wildman–Crippen MR) is 73.7 cm³/mol. The average Bonchev–Trinajstić information content (AvgIpc) is 3.04. The van der Waals surface area contributed by atoms with E-state index < -0.39 is 0 Å². The molecule has 2 aromatic rings. The molecule has 2 heterocycles. The fourth-order valence-electron chi connectivity index (χ4n) is 1.88. The second-order valence-corrected chi connectivity index (χ2v) is 4.24. The van der Waals surface area contributed by atoms with Gasteiger partial charge in [-0.05, 0) is 19.1 Å². The van der Waals surface area contributed by atoms with E-state index in [1.165, 1.54) is 5.69 Å². The van der Waals surface area contributed by atoms with Crippen LogP contribution in [0.3, 0.4) is 0 Å². The second kappa shape index (κ2) is 6.08. The van der Waals surface area contributed by atoms with Crippen LogP contribution in [0.5, 0.6) is 0 Å². The van der Waals surface area contributed by atoms with Crippen LogP contribution in [0.25, 0.3) is 0 Å². The van der Waals surface area contributed by atoms with E-state index in [9.17, 15) is 4.79 Å². The number of carbonyl (C=O) groups is 1. The van der Waals surface area contributed by atoms with Crippen LogP contribution < -0.4 is 10.6 Å². The van der Waals surface area contributed by atoms with Gasteiger partial charge in [0.15, 0.2) is 0 Å². The first-order chi connectivity index (χ1) is 9.22. The molecule has 6 nitrogen and oxygen atoms in total. The fraction of sp³-hybridized carbons (Fsp3) is 0.385. The third kappa shape index (κ3) is 3.37. The number of amides is 1. The Balaban J connectivity index is 1.91. The van der Waals surface area contributed by atoms with Crippen molar-refractivity contribution in [2.24, 2.45) is 0 Å². The summed E-state index contributed by atoms with van der Waals surface area (Å²) in [5, 5.41) is 10.00. The van der Waals surface area contributed by atoms with Gasteiger partial charge in [0.2, 0.25) is 5.91 Å². The van der Waals surface area contributed by atoms with Crippen molar-refractivity contribution in [2.45, 2.75) is 26.6 Å². The van der Waals surface area contributed by atoms with E-state index in [1.54, 1.807) is 17.9 Å². The molecule has 2 aromatic heterocycles. The molecule has 102 valence electrons. The summed E-state index contributed by atoms with van der Waals surface area (Å²) in [6.45, 7) is 4.06. The third-order valence-corrected chi connectivity index (χ3v) is 2.96. The Kier molecular flexibility index (Phi) is 4.22. The summed E-state index contributed by atoms with van der Waals surface area (Å²) >= 11 is 0. The predicted octanol–water partition coefficient (Wildman–Crippen LogP) is 1.06. The summed E-state index contributed by atoms with van der Waals surface area (Å²) in [6.07, 6.45) is 5.61. The van der Waals surface area contributed by atoms with Gasteiger partial charge in [-0.1, -0.05) is 0 Å². The summed E-state index contributed by atoms with van der Waals surface area (Å²) in [6, 6.07) is 4.13. The van der Waals surface area contributed by atoms with Crippen molar-refractivity contribution in [3.63, 3.8) is 0 Å². The van der Waals surface area contributed by atoms with Gasteiger partial charge in [0.05, 0.1) is 18.4 Å². The van der Waals surface area contributed by atoms with Gasteiger partial charge in [-0.3, -0.25) is 9.48 Å². The molecule has 0 spiro atoms. The Morgan fingerprint density at radius 3 is 3.05 bits per heavy atom. The first kappa shape index (κ1) is 13.2. The highest BCUT2D eigenvalue weighted by Crippen LogP contribution is 2.09. The Hall–Kier alpha value is -2.24. The number of rotatable bonds is 6. The number of aryl methyl sites for hydroxylation is 1. The largest absolute Gasteiger partial charge is 0.377 e. The van der Waals surface area contributed by atoms with Crippen molar-refractivity contribution in [3.05, 3.63) is 36.4 Å². The average molecular weight is 261 g/mol. The first-order valence-electron chi connectivity index (χ1n) is 6.34. The molecular weight excluding hydrogens is 242 g/mol. The maximum atomic E-state index is 11.2. The molecule has 1 amide bonds. The minimum Gasteiger partial charge on any atom is -0.377 e. The lowest BCUT2D eigenvalue weighted by molar-refractivity contribution is -0.121. The molecule has 0 saturated heterocycles. The van der Waals surface area contributed by atoms with Crippen molar-refractivity contribution >= 4 is 11.6 Å². The Morgan fingerprint density at radius 2 is 2.32 bits per heavy atom. The minimum atomic E-state index is -0.0606. The maximum Gasteiger partial charge on any atom is 0.241 e. The number of hydrogen-bond acceptors (Lipinski definition) is 3. The molecule has 0 atom stereocenters. The summed E-state index contributed by atoms with van der Waals surface area (Å²) in [7, 11) is 1.61. The zero-order valence-corrected chi connectivity index (χ0v) is 11.3. The number of likely N-dealkylation sites (N-methyl/N-ethyl adjacent to an activating group) is 1. The van der Waals surface area contributed by atoms with Gasteiger partial charge in [-0.25, -0.2) is 0 Å². The molecule has 0 bridgehead atoms. The van der Waals surface area contributed by atoms with E-state index in [4.69, 9.17) is 0 Å². The molecular formula is C13H19N5O. The van der Waals surface area contributed by atoms with Gasteiger partial charge in [-0.2, -0.15) is 5.10 Å². The molecule has 0 radical (unpaired) electrons. The van der Waals surface area contributed by atoms with E-state index in [2.05, 4.69) is 39.5 Å². The molecule has 0 fully saturated rings. The molecule has 0 unspecified atom stereocenters. The molecule has 2 rings (SSSR count). The topological polar surface area (TPSA) is 63.9 Å². The van der Waals surface area contributed by atoms with Crippen LogP contribution in [-0.4, -0.2) is 27.3 Å². The van der Waals surface area contributed by atoms with Crippen molar-refractivity contribution in [2.75, 3.05) is 12.4 Å². The summed E-state index contributed by atoms with van der Waals surface area (Å²) in [5.74, 6) is -0.0606. The van der Waals surface area contributed by atoms with Gasteiger partial charge in [0.1, 0.15) is 6.54 Å². The number of nitrogens with zero attached hydrogens (tertiary/aromatic N) is 3. The SMILES string of the molecule is CCn1cccc1CNc1cnn(CC(=O)NC)c1. The highest BCUT2D eigenvalue weighted by molar-refractivity contribution is 5.75. The minimum absolute atomic E-state index is 0.0606. The quantitative estimate of drug-likeness (QED) is 0.817. The van der Waals surface area contributed by atoms with Gasteiger partial charge < -0.3 is 15.2 Å². The third-order valence-electron chi connectivity index (χ3n) is 2.96. The van der Waals surface area contributed by atoms with Gasteiger partial charge in [0.25, 0.3) is 0 Å². The molecule has 0 aliphatic carbocycles. The smallest absolute Gasteiger partial charge is 0.241 e. The Labute approximate surface area is 112 Å². The molecule has 19 heavy (non-hydrogen) atoms. The molecule has 0 aliphatic heterocycles. The molecule has 0 aliphatic rings. The van der Waals surface area contributed by atoms with Gasteiger partial charge in [0, 0.05) is 31.7 Å². The molecule has 0 saturated carbocycles. The number of nitrogens with one attached hydrogen (secondary N) is 2.